The summed E-state index contributed by atoms with van der Waals surface area (Å²) in [5.74, 6) is 1.22. The molecule has 134 valence electrons. The van der Waals surface area contributed by atoms with Gasteiger partial charge < -0.3 is 5.32 Å². The Kier molecular flexibility index (Phi) is 3.33. The van der Waals surface area contributed by atoms with Crippen molar-refractivity contribution in [3.05, 3.63) is 65.1 Å². The van der Waals surface area contributed by atoms with E-state index >= 15 is 0 Å². The predicted octanol–water partition coefficient (Wildman–Crippen LogP) is 2.40. The molecule has 0 bridgehead atoms. The van der Waals surface area contributed by atoms with E-state index in [0.717, 1.165) is 16.8 Å². The van der Waals surface area contributed by atoms with E-state index in [4.69, 9.17) is 0 Å². The van der Waals surface area contributed by atoms with E-state index < -0.39 is 0 Å². The lowest BCUT2D eigenvalue weighted by molar-refractivity contribution is -0.116. The molecule has 4 heterocycles. The second kappa shape index (κ2) is 5.73. The van der Waals surface area contributed by atoms with E-state index in [9.17, 15) is 4.79 Å². The minimum atomic E-state index is -0.0257. The number of aryl methyl sites for hydroxylation is 2. The van der Waals surface area contributed by atoms with Crippen molar-refractivity contribution >= 4 is 17.4 Å². The van der Waals surface area contributed by atoms with E-state index in [1.54, 1.807) is 9.20 Å². The molecule has 3 aromatic heterocycles. The Bertz CT molecular complexity index is 1190. The fourth-order valence-electron chi connectivity index (χ4n) is 3.79. The molecular formula is C19H17N7O. The number of hydrogen-bond donors (Lipinski definition) is 1. The standard InChI is InChI=1S/C19H17N7O/c1-11-5-3-4-6-13(11)14-9-17(27)21-19-18(14)12(2)23-26(19)16-8-7-15-22-20-10-25(15)24-16/h3-8,10,14H,9H2,1-2H3,(H,21,27). The maximum absolute atomic E-state index is 12.5. The van der Waals surface area contributed by atoms with E-state index in [0.29, 0.717) is 23.7 Å². The molecule has 0 fully saturated rings. The minimum Gasteiger partial charge on any atom is -0.310 e. The van der Waals surface area contributed by atoms with E-state index in [1.807, 2.05) is 31.2 Å². The molecule has 1 aliphatic rings. The Morgan fingerprint density at radius 1 is 1.11 bits per heavy atom. The lowest BCUT2D eigenvalue weighted by atomic mass is 9.84. The molecule has 1 aliphatic heterocycles. The Morgan fingerprint density at radius 3 is 2.81 bits per heavy atom. The van der Waals surface area contributed by atoms with Crippen LogP contribution in [0, 0.1) is 13.8 Å². The molecule has 27 heavy (non-hydrogen) atoms. The largest absolute Gasteiger partial charge is 0.310 e. The average Bonchev–Trinajstić information content (AvgIpc) is 3.25. The monoisotopic (exact) mass is 359 g/mol. The van der Waals surface area contributed by atoms with Crippen LogP contribution in [0.15, 0.2) is 42.7 Å². The van der Waals surface area contributed by atoms with Crippen LogP contribution in [0.2, 0.25) is 0 Å². The smallest absolute Gasteiger partial charge is 0.226 e. The number of benzene rings is 1. The quantitative estimate of drug-likeness (QED) is 0.593. The highest BCUT2D eigenvalue weighted by molar-refractivity contribution is 5.95. The molecular weight excluding hydrogens is 342 g/mol. The maximum Gasteiger partial charge on any atom is 0.226 e. The van der Waals surface area contributed by atoms with Crippen LogP contribution in [0.1, 0.15) is 34.7 Å². The van der Waals surface area contributed by atoms with Crippen LogP contribution in [0.25, 0.3) is 11.5 Å². The Morgan fingerprint density at radius 2 is 1.96 bits per heavy atom. The molecule has 0 aliphatic carbocycles. The lowest BCUT2D eigenvalue weighted by Crippen LogP contribution is -2.25. The summed E-state index contributed by atoms with van der Waals surface area (Å²) >= 11 is 0. The van der Waals surface area contributed by atoms with E-state index in [1.165, 1.54) is 11.9 Å². The molecule has 0 radical (unpaired) electrons. The van der Waals surface area contributed by atoms with Gasteiger partial charge in [-0.1, -0.05) is 24.3 Å². The summed E-state index contributed by atoms with van der Waals surface area (Å²) in [4.78, 5) is 12.5. The van der Waals surface area contributed by atoms with Gasteiger partial charge in [0.15, 0.2) is 11.5 Å². The van der Waals surface area contributed by atoms with Gasteiger partial charge in [-0.25, -0.2) is 0 Å². The molecule has 0 spiro atoms. The first kappa shape index (κ1) is 15.7. The molecule has 4 aromatic rings. The number of nitrogens with zero attached hydrogens (tertiary/aromatic N) is 6. The third-order valence-corrected chi connectivity index (χ3v) is 5.03. The van der Waals surface area contributed by atoms with Crippen LogP contribution >= 0.6 is 0 Å². The number of rotatable bonds is 2. The van der Waals surface area contributed by atoms with Gasteiger partial charge in [0.05, 0.1) is 5.69 Å². The SMILES string of the molecule is Cc1ccccc1C1CC(=O)Nc2c1c(C)nn2-c1ccc2nncn2n1. The second-order valence-corrected chi connectivity index (χ2v) is 6.75. The van der Waals surface area contributed by atoms with Crippen molar-refractivity contribution in [2.45, 2.75) is 26.2 Å². The Balaban J connectivity index is 1.70. The van der Waals surface area contributed by atoms with Crippen molar-refractivity contribution in [3.63, 3.8) is 0 Å². The van der Waals surface area contributed by atoms with E-state index in [2.05, 4.69) is 44.8 Å². The van der Waals surface area contributed by atoms with Crippen LogP contribution in [0.3, 0.4) is 0 Å². The summed E-state index contributed by atoms with van der Waals surface area (Å²) in [5.41, 5.74) is 4.88. The lowest BCUT2D eigenvalue weighted by Gasteiger charge is -2.25. The highest BCUT2D eigenvalue weighted by atomic mass is 16.1. The number of aromatic nitrogens is 6. The molecule has 1 atom stereocenters. The summed E-state index contributed by atoms with van der Waals surface area (Å²) < 4.78 is 3.27. The van der Waals surface area contributed by atoms with Crippen molar-refractivity contribution in [3.8, 4) is 5.82 Å². The summed E-state index contributed by atoms with van der Waals surface area (Å²) in [7, 11) is 0. The Labute approximate surface area is 154 Å². The predicted molar refractivity (Wildman–Crippen MR) is 98.9 cm³/mol. The number of amides is 1. The molecule has 8 heteroatoms. The highest BCUT2D eigenvalue weighted by Gasteiger charge is 2.33. The maximum atomic E-state index is 12.5. The number of nitrogens with one attached hydrogen (secondary N) is 1. The molecule has 0 saturated carbocycles. The summed E-state index contributed by atoms with van der Waals surface area (Å²) in [6, 6.07) is 11.8. The topological polar surface area (TPSA) is 90.0 Å². The second-order valence-electron chi connectivity index (χ2n) is 6.75. The number of carbonyl (C=O) groups excluding carboxylic acids is 1. The molecule has 1 unspecified atom stereocenters. The third-order valence-electron chi connectivity index (χ3n) is 5.03. The highest BCUT2D eigenvalue weighted by Crippen LogP contribution is 2.40. The van der Waals surface area contributed by atoms with Crippen LogP contribution in [0.4, 0.5) is 5.82 Å². The van der Waals surface area contributed by atoms with Gasteiger partial charge in [0.25, 0.3) is 0 Å². The fourth-order valence-corrected chi connectivity index (χ4v) is 3.79. The van der Waals surface area contributed by atoms with Gasteiger partial charge in [0.2, 0.25) is 5.91 Å². The van der Waals surface area contributed by atoms with Crippen molar-refractivity contribution in [2.75, 3.05) is 5.32 Å². The first-order chi connectivity index (χ1) is 13.1. The third kappa shape index (κ3) is 2.41. The van der Waals surface area contributed by atoms with Gasteiger partial charge in [0, 0.05) is 17.9 Å². The first-order valence-corrected chi connectivity index (χ1v) is 8.74. The number of fused-ring (bicyclic) bond motifs is 2. The van der Waals surface area contributed by atoms with Gasteiger partial charge >= 0.3 is 0 Å². The minimum absolute atomic E-state index is 0.0256. The average molecular weight is 359 g/mol. The van der Waals surface area contributed by atoms with Gasteiger partial charge in [-0.3, -0.25) is 4.79 Å². The molecule has 1 aromatic carbocycles. The zero-order chi connectivity index (χ0) is 18.5. The molecule has 1 N–H and O–H groups in total. The first-order valence-electron chi connectivity index (χ1n) is 8.74. The van der Waals surface area contributed by atoms with Gasteiger partial charge in [-0.05, 0) is 37.1 Å². The van der Waals surface area contributed by atoms with E-state index in [-0.39, 0.29) is 11.8 Å². The van der Waals surface area contributed by atoms with Crippen LogP contribution in [-0.4, -0.2) is 35.5 Å². The normalized spacial score (nSPS) is 16.4. The van der Waals surface area contributed by atoms with Crippen molar-refractivity contribution in [1.82, 2.24) is 29.6 Å². The zero-order valence-corrected chi connectivity index (χ0v) is 14.9. The van der Waals surface area contributed by atoms with Crippen LogP contribution in [-0.2, 0) is 4.79 Å². The van der Waals surface area contributed by atoms with Crippen molar-refractivity contribution < 1.29 is 4.79 Å². The van der Waals surface area contributed by atoms with Crippen LogP contribution in [0.5, 0.6) is 0 Å². The van der Waals surface area contributed by atoms with Crippen LogP contribution < -0.4 is 5.32 Å². The molecule has 1 amide bonds. The summed E-state index contributed by atoms with van der Waals surface area (Å²) in [5, 5.41) is 20.0. The number of hydrogen-bond acceptors (Lipinski definition) is 5. The van der Waals surface area contributed by atoms with Crippen molar-refractivity contribution in [1.29, 1.82) is 0 Å². The van der Waals surface area contributed by atoms with Gasteiger partial charge in [-0.2, -0.15) is 14.3 Å². The van der Waals surface area contributed by atoms with Gasteiger partial charge in [-0.15, -0.1) is 15.3 Å². The molecule has 8 nitrogen and oxygen atoms in total. The number of carbonyl (C=O) groups is 1. The number of anilines is 1. The Hall–Kier alpha value is -3.55. The van der Waals surface area contributed by atoms with Crippen molar-refractivity contribution in [2.24, 2.45) is 0 Å². The molecule has 5 rings (SSSR count). The zero-order valence-electron chi connectivity index (χ0n) is 14.9. The summed E-state index contributed by atoms with van der Waals surface area (Å²) in [6.45, 7) is 4.04. The summed E-state index contributed by atoms with van der Waals surface area (Å²) in [6.07, 6.45) is 1.94. The van der Waals surface area contributed by atoms with Gasteiger partial charge in [0.1, 0.15) is 12.1 Å². The molecule has 0 saturated heterocycles. The fraction of sp³-hybridized carbons (Fsp3) is 0.211.